The second-order valence-corrected chi connectivity index (χ2v) is 3.77. The van der Waals surface area contributed by atoms with Gasteiger partial charge in [-0.2, -0.15) is 0 Å². The Balaban J connectivity index is 2.79. The number of hydrogen-bond acceptors (Lipinski definition) is 2. The molecule has 0 saturated carbocycles. The van der Waals surface area contributed by atoms with Crippen molar-refractivity contribution < 1.29 is 5.11 Å². The molecule has 0 aromatic carbocycles. The lowest BCUT2D eigenvalue weighted by Gasteiger charge is -2.05. The van der Waals surface area contributed by atoms with Crippen LogP contribution in [0.4, 0.5) is 0 Å². The van der Waals surface area contributed by atoms with E-state index in [1.165, 1.54) is 0 Å². The molecule has 0 saturated heterocycles. The first-order chi connectivity index (χ1) is 6.59. The first kappa shape index (κ1) is 9.49. The fourth-order valence-electron chi connectivity index (χ4n) is 1.66. The van der Waals surface area contributed by atoms with Crippen LogP contribution >= 0.6 is 11.6 Å². The van der Waals surface area contributed by atoms with Crippen LogP contribution in [0.2, 0.25) is 5.02 Å². The standard InChI is InChI=1S/C10H11ClN2O/c1-6-10(7(2)14)13-5-8(11)3-4-9(13)12-6/h3-5,7,14H,1-2H3. The smallest absolute Gasteiger partial charge is 0.137 e. The van der Waals surface area contributed by atoms with E-state index in [0.717, 1.165) is 17.0 Å². The van der Waals surface area contributed by atoms with Gasteiger partial charge in [0.25, 0.3) is 0 Å². The van der Waals surface area contributed by atoms with Gasteiger partial charge >= 0.3 is 0 Å². The maximum atomic E-state index is 9.58. The number of aromatic nitrogens is 2. The van der Waals surface area contributed by atoms with Crippen molar-refractivity contribution in [1.29, 1.82) is 0 Å². The molecular formula is C10H11ClN2O. The van der Waals surface area contributed by atoms with Crippen LogP contribution in [0, 0.1) is 6.92 Å². The first-order valence-electron chi connectivity index (χ1n) is 4.42. The largest absolute Gasteiger partial charge is 0.387 e. The summed E-state index contributed by atoms with van der Waals surface area (Å²) in [6.07, 6.45) is 1.22. The van der Waals surface area contributed by atoms with E-state index in [1.807, 2.05) is 17.4 Å². The molecule has 2 heterocycles. The van der Waals surface area contributed by atoms with Gasteiger partial charge in [0.15, 0.2) is 0 Å². The van der Waals surface area contributed by atoms with Gasteiger partial charge in [0, 0.05) is 6.20 Å². The van der Waals surface area contributed by atoms with Crippen LogP contribution in [0.3, 0.4) is 0 Å². The number of imidazole rings is 1. The predicted octanol–water partition coefficient (Wildman–Crippen LogP) is 2.35. The summed E-state index contributed by atoms with van der Waals surface area (Å²) in [6, 6.07) is 3.62. The minimum Gasteiger partial charge on any atom is -0.387 e. The van der Waals surface area contributed by atoms with Crippen LogP contribution in [-0.4, -0.2) is 14.5 Å². The van der Waals surface area contributed by atoms with Crippen LogP contribution in [0.25, 0.3) is 5.65 Å². The summed E-state index contributed by atoms with van der Waals surface area (Å²) >= 11 is 5.87. The van der Waals surface area contributed by atoms with E-state index in [-0.39, 0.29) is 0 Å². The summed E-state index contributed by atoms with van der Waals surface area (Å²) in [5.74, 6) is 0. The number of aliphatic hydroxyl groups is 1. The molecule has 3 nitrogen and oxygen atoms in total. The number of aryl methyl sites for hydroxylation is 1. The van der Waals surface area contributed by atoms with Gasteiger partial charge in [0.05, 0.1) is 22.5 Å². The number of rotatable bonds is 1. The molecule has 2 rings (SSSR count). The van der Waals surface area contributed by atoms with E-state index >= 15 is 0 Å². The zero-order valence-corrected chi connectivity index (χ0v) is 8.78. The SMILES string of the molecule is Cc1nc2ccc(Cl)cn2c1C(C)O. The zero-order chi connectivity index (χ0) is 10.3. The molecule has 0 bridgehead atoms. The van der Waals surface area contributed by atoms with Crippen LogP contribution in [0.5, 0.6) is 0 Å². The van der Waals surface area contributed by atoms with Crippen molar-refractivity contribution in [1.82, 2.24) is 9.38 Å². The maximum absolute atomic E-state index is 9.58. The second-order valence-electron chi connectivity index (χ2n) is 3.33. The zero-order valence-electron chi connectivity index (χ0n) is 8.03. The average Bonchev–Trinajstić information content (AvgIpc) is 2.40. The Morgan fingerprint density at radius 1 is 1.50 bits per heavy atom. The molecule has 0 aliphatic carbocycles. The van der Waals surface area contributed by atoms with Gasteiger partial charge in [-0.05, 0) is 26.0 Å². The predicted molar refractivity (Wildman–Crippen MR) is 55.6 cm³/mol. The molecule has 0 spiro atoms. The highest BCUT2D eigenvalue weighted by atomic mass is 35.5. The van der Waals surface area contributed by atoms with E-state index in [4.69, 9.17) is 11.6 Å². The highest BCUT2D eigenvalue weighted by molar-refractivity contribution is 6.30. The van der Waals surface area contributed by atoms with Gasteiger partial charge in [0.2, 0.25) is 0 Å². The Morgan fingerprint density at radius 3 is 2.86 bits per heavy atom. The third-order valence-corrected chi connectivity index (χ3v) is 2.42. The number of hydrogen-bond donors (Lipinski definition) is 1. The number of nitrogens with zero attached hydrogens (tertiary/aromatic N) is 2. The minimum absolute atomic E-state index is 0.538. The molecule has 1 atom stereocenters. The van der Waals surface area contributed by atoms with Gasteiger partial charge in [-0.15, -0.1) is 0 Å². The molecule has 2 aromatic rings. The summed E-state index contributed by atoms with van der Waals surface area (Å²) in [5, 5.41) is 10.2. The molecular weight excluding hydrogens is 200 g/mol. The summed E-state index contributed by atoms with van der Waals surface area (Å²) in [5.41, 5.74) is 2.44. The maximum Gasteiger partial charge on any atom is 0.137 e. The quantitative estimate of drug-likeness (QED) is 0.785. The van der Waals surface area contributed by atoms with Crippen LogP contribution in [0.15, 0.2) is 18.3 Å². The average molecular weight is 211 g/mol. The van der Waals surface area contributed by atoms with Crippen molar-refractivity contribution in [3.8, 4) is 0 Å². The van der Waals surface area contributed by atoms with E-state index in [9.17, 15) is 5.11 Å². The molecule has 0 amide bonds. The Bertz CT molecular complexity index is 476. The molecule has 2 aromatic heterocycles. The Kier molecular flexibility index (Phi) is 2.21. The molecule has 0 aliphatic rings. The van der Waals surface area contributed by atoms with Gasteiger partial charge < -0.3 is 5.11 Å². The molecule has 1 N–H and O–H groups in total. The fraction of sp³-hybridized carbons (Fsp3) is 0.300. The van der Waals surface area contributed by atoms with Crippen molar-refractivity contribution in [2.24, 2.45) is 0 Å². The lowest BCUT2D eigenvalue weighted by atomic mass is 10.2. The molecule has 1 unspecified atom stereocenters. The Labute approximate surface area is 87.0 Å². The third kappa shape index (κ3) is 1.38. The summed E-state index contributed by atoms with van der Waals surface area (Å²) < 4.78 is 1.82. The normalized spacial score (nSPS) is 13.4. The lowest BCUT2D eigenvalue weighted by molar-refractivity contribution is 0.192. The number of aliphatic hydroxyl groups excluding tert-OH is 1. The number of pyridine rings is 1. The van der Waals surface area contributed by atoms with Gasteiger partial charge in [-0.25, -0.2) is 4.98 Å². The van der Waals surface area contributed by atoms with Crippen molar-refractivity contribution in [3.63, 3.8) is 0 Å². The van der Waals surface area contributed by atoms with Crippen molar-refractivity contribution in [2.75, 3.05) is 0 Å². The summed E-state index contributed by atoms with van der Waals surface area (Å²) in [4.78, 5) is 4.32. The fourth-order valence-corrected chi connectivity index (χ4v) is 1.82. The van der Waals surface area contributed by atoms with Gasteiger partial charge in [-0.3, -0.25) is 4.40 Å². The van der Waals surface area contributed by atoms with Gasteiger partial charge in [0.1, 0.15) is 5.65 Å². The van der Waals surface area contributed by atoms with Crippen LogP contribution in [-0.2, 0) is 0 Å². The molecule has 4 heteroatoms. The number of halogens is 1. The highest BCUT2D eigenvalue weighted by Gasteiger charge is 2.12. The summed E-state index contributed by atoms with van der Waals surface area (Å²) in [7, 11) is 0. The second kappa shape index (κ2) is 3.26. The van der Waals surface area contributed by atoms with Crippen LogP contribution < -0.4 is 0 Å². The monoisotopic (exact) mass is 210 g/mol. The third-order valence-electron chi connectivity index (χ3n) is 2.20. The topological polar surface area (TPSA) is 37.5 Å². The lowest BCUT2D eigenvalue weighted by Crippen LogP contribution is -1.98. The summed E-state index contributed by atoms with van der Waals surface area (Å²) in [6.45, 7) is 3.60. The number of fused-ring (bicyclic) bond motifs is 1. The Hall–Kier alpha value is -1.06. The first-order valence-corrected chi connectivity index (χ1v) is 4.79. The molecule has 0 aliphatic heterocycles. The molecule has 0 fully saturated rings. The minimum atomic E-state index is -0.538. The van der Waals surface area contributed by atoms with E-state index in [0.29, 0.717) is 5.02 Å². The van der Waals surface area contributed by atoms with Crippen molar-refractivity contribution in [2.45, 2.75) is 20.0 Å². The van der Waals surface area contributed by atoms with E-state index < -0.39 is 6.10 Å². The molecule has 14 heavy (non-hydrogen) atoms. The Morgan fingerprint density at radius 2 is 2.21 bits per heavy atom. The van der Waals surface area contributed by atoms with Crippen LogP contribution in [0.1, 0.15) is 24.4 Å². The van der Waals surface area contributed by atoms with E-state index in [1.54, 1.807) is 19.2 Å². The van der Waals surface area contributed by atoms with Crippen molar-refractivity contribution >= 4 is 17.2 Å². The highest BCUT2D eigenvalue weighted by Crippen LogP contribution is 2.21. The molecule has 74 valence electrons. The molecule has 0 radical (unpaired) electrons. The van der Waals surface area contributed by atoms with Gasteiger partial charge in [-0.1, -0.05) is 11.6 Å². The van der Waals surface area contributed by atoms with E-state index in [2.05, 4.69) is 4.98 Å². The van der Waals surface area contributed by atoms with Crippen molar-refractivity contribution in [3.05, 3.63) is 34.7 Å².